The van der Waals surface area contributed by atoms with E-state index in [1.807, 2.05) is 73.8 Å². The third-order valence-corrected chi connectivity index (χ3v) is 5.02. The van der Waals surface area contributed by atoms with E-state index in [0.29, 0.717) is 0 Å². The van der Waals surface area contributed by atoms with Gasteiger partial charge in [0.05, 0.1) is 18.0 Å². The monoisotopic (exact) mass is 367 g/mol. The number of para-hydroxylation sites is 1. The molecule has 1 atom stereocenters. The lowest BCUT2D eigenvalue weighted by Gasteiger charge is -2.26. The number of quaternary nitrogens is 1. The molecule has 3 aliphatic rings. The highest BCUT2D eigenvalue weighted by Gasteiger charge is 2.44. The molecule has 5 nitrogen and oxygen atoms in total. The lowest BCUT2D eigenvalue weighted by Crippen LogP contribution is -2.53. The number of aliphatic imine (C=N–C) groups is 2. The van der Waals surface area contributed by atoms with Crippen LogP contribution in [-0.4, -0.2) is 16.6 Å². The molecule has 0 saturated heterocycles. The fourth-order valence-electron chi connectivity index (χ4n) is 3.46. The number of allylic oxidation sites excluding steroid dienone is 4. The molecule has 2 N–H and O–H groups in total. The average Bonchev–Trinajstić information content (AvgIpc) is 2.96. The Balaban J connectivity index is 1.52. The molecule has 0 aromatic heterocycles. The Bertz CT molecular complexity index is 1150. The van der Waals surface area contributed by atoms with Crippen LogP contribution in [0.5, 0.6) is 11.5 Å². The van der Waals surface area contributed by atoms with Crippen LogP contribution in [-0.2, 0) is 0 Å². The van der Waals surface area contributed by atoms with Crippen molar-refractivity contribution < 1.29 is 9.33 Å². The van der Waals surface area contributed by atoms with E-state index < -0.39 is 0 Å². The molecule has 0 bridgehead atoms. The highest BCUT2D eigenvalue weighted by molar-refractivity contribution is 6.01. The number of benzene rings is 2. The van der Waals surface area contributed by atoms with Gasteiger partial charge in [-0.1, -0.05) is 36.4 Å². The molecule has 0 saturated carbocycles. The van der Waals surface area contributed by atoms with Gasteiger partial charge in [0.15, 0.2) is 0 Å². The van der Waals surface area contributed by atoms with Gasteiger partial charge in [-0.3, -0.25) is 4.99 Å². The van der Waals surface area contributed by atoms with E-state index in [0.717, 1.165) is 45.4 Å². The number of nitrogens with zero attached hydrogens (tertiary/aromatic N) is 3. The van der Waals surface area contributed by atoms with Gasteiger partial charge < -0.3 is 4.74 Å². The van der Waals surface area contributed by atoms with Crippen LogP contribution >= 0.6 is 0 Å². The average molecular weight is 367 g/mol. The summed E-state index contributed by atoms with van der Waals surface area (Å²) in [6.07, 6.45) is 11.4. The zero-order valence-corrected chi connectivity index (χ0v) is 15.4. The number of aryl methyl sites for hydroxylation is 1. The third-order valence-electron chi connectivity index (χ3n) is 5.02. The minimum absolute atomic E-state index is 0.0162. The Morgan fingerprint density at radius 1 is 1.07 bits per heavy atom. The van der Waals surface area contributed by atoms with E-state index in [9.17, 15) is 0 Å². The molecular formula is C23H19N4O+. The summed E-state index contributed by atoms with van der Waals surface area (Å²) in [5, 5.41) is 0. The van der Waals surface area contributed by atoms with Gasteiger partial charge in [0.25, 0.3) is 5.84 Å². The van der Waals surface area contributed by atoms with Crippen LogP contribution in [0.1, 0.15) is 11.1 Å². The Labute approximate surface area is 163 Å². The van der Waals surface area contributed by atoms with Gasteiger partial charge in [0, 0.05) is 5.57 Å². The topological polar surface area (TPSA) is 60.0 Å². The van der Waals surface area contributed by atoms with E-state index in [-0.39, 0.29) is 4.59 Å². The first-order valence-electron chi connectivity index (χ1n) is 9.10. The number of hydrogen-bond acceptors (Lipinski definition) is 4. The molecule has 28 heavy (non-hydrogen) atoms. The summed E-state index contributed by atoms with van der Waals surface area (Å²) in [5.41, 5.74) is 4.78. The Morgan fingerprint density at radius 2 is 1.89 bits per heavy atom. The maximum absolute atomic E-state index is 6.75. The SMILES string of the molecule is Cc1cc(C2=NC(C3=CC=C3)=C3C=NC=C[N+]23N)ccc1Oc1ccccc1. The Morgan fingerprint density at radius 3 is 2.61 bits per heavy atom. The van der Waals surface area contributed by atoms with Crippen molar-refractivity contribution >= 4 is 12.1 Å². The zero-order valence-electron chi connectivity index (χ0n) is 15.4. The molecule has 2 aromatic carbocycles. The second kappa shape index (κ2) is 6.27. The number of nitrogens with two attached hydrogens (primary N) is 1. The van der Waals surface area contributed by atoms with Crippen LogP contribution in [0.25, 0.3) is 0 Å². The predicted molar refractivity (Wildman–Crippen MR) is 111 cm³/mol. The van der Waals surface area contributed by atoms with Crippen molar-refractivity contribution in [2.45, 2.75) is 6.92 Å². The summed E-state index contributed by atoms with van der Waals surface area (Å²) in [7, 11) is 0. The molecule has 136 valence electrons. The summed E-state index contributed by atoms with van der Waals surface area (Å²) in [4.78, 5) is 9.15. The summed E-state index contributed by atoms with van der Waals surface area (Å²) >= 11 is 0. The molecule has 0 spiro atoms. The molecule has 1 aliphatic carbocycles. The number of hydrogen-bond donors (Lipinski definition) is 1. The van der Waals surface area contributed by atoms with E-state index in [1.54, 1.807) is 12.4 Å². The van der Waals surface area contributed by atoms with Gasteiger partial charge in [-0.2, -0.15) is 10.8 Å². The van der Waals surface area contributed by atoms with Crippen LogP contribution in [0.4, 0.5) is 0 Å². The number of rotatable bonds is 4. The van der Waals surface area contributed by atoms with Gasteiger partial charge in [0.1, 0.15) is 23.4 Å². The molecule has 2 aromatic rings. The largest absolute Gasteiger partial charge is 0.457 e. The molecule has 5 rings (SSSR count). The fourth-order valence-corrected chi connectivity index (χ4v) is 3.46. The standard InChI is InChI=1S/C23H19N4O/c1-16-14-18(10-11-21(16)28-19-8-3-2-4-9-19)23-26-22(17-6-5-7-17)20-15-25-12-13-27(20,23)24/h2-15H,24H2,1H3/q+1. The van der Waals surface area contributed by atoms with Crippen molar-refractivity contribution in [1.82, 2.24) is 0 Å². The Kier molecular flexibility index (Phi) is 3.72. The van der Waals surface area contributed by atoms with E-state index in [4.69, 9.17) is 15.6 Å². The van der Waals surface area contributed by atoms with Gasteiger partial charge in [-0.25, -0.2) is 0 Å². The molecule has 5 heteroatoms. The van der Waals surface area contributed by atoms with E-state index in [1.165, 1.54) is 0 Å². The van der Waals surface area contributed by atoms with Crippen molar-refractivity contribution in [3.05, 3.63) is 107 Å². The van der Waals surface area contributed by atoms with Crippen LogP contribution in [0, 0.1) is 6.92 Å². The van der Waals surface area contributed by atoms with E-state index >= 15 is 0 Å². The number of fused-ring (bicyclic) bond motifs is 1. The van der Waals surface area contributed by atoms with Gasteiger partial charge in [-0.15, -0.1) is 4.59 Å². The van der Waals surface area contributed by atoms with E-state index in [2.05, 4.69) is 11.1 Å². The molecule has 2 aliphatic heterocycles. The summed E-state index contributed by atoms with van der Waals surface area (Å²) in [6, 6.07) is 15.8. The minimum Gasteiger partial charge on any atom is -0.457 e. The van der Waals surface area contributed by atoms with Crippen molar-refractivity contribution in [3.8, 4) is 11.5 Å². The van der Waals surface area contributed by atoms with Crippen LogP contribution in [0.15, 0.2) is 106 Å². The smallest absolute Gasteiger partial charge is 0.265 e. The third kappa shape index (κ3) is 2.57. The van der Waals surface area contributed by atoms with Gasteiger partial charge in [-0.05, 0) is 42.8 Å². The molecule has 2 heterocycles. The first kappa shape index (κ1) is 16.6. The minimum atomic E-state index is 0.0162. The van der Waals surface area contributed by atoms with Crippen molar-refractivity contribution in [2.75, 3.05) is 0 Å². The second-order valence-corrected chi connectivity index (χ2v) is 6.90. The summed E-state index contributed by atoms with van der Waals surface area (Å²) in [5.74, 6) is 9.13. The summed E-state index contributed by atoms with van der Waals surface area (Å²) in [6.45, 7) is 2.03. The maximum Gasteiger partial charge on any atom is 0.265 e. The molecule has 0 amide bonds. The molecule has 1 unspecified atom stereocenters. The molecule has 0 fully saturated rings. The normalized spacial score (nSPS) is 21.9. The quantitative estimate of drug-likeness (QED) is 0.639. The number of amidine groups is 1. The first-order valence-corrected chi connectivity index (χ1v) is 9.10. The second-order valence-electron chi connectivity index (χ2n) is 6.90. The first-order chi connectivity index (χ1) is 13.6. The number of ether oxygens (including phenoxy) is 1. The molecular weight excluding hydrogens is 348 g/mol. The van der Waals surface area contributed by atoms with Crippen molar-refractivity contribution in [3.63, 3.8) is 0 Å². The zero-order chi connectivity index (χ0) is 19.1. The fraction of sp³-hybridized carbons (Fsp3) is 0.0435. The van der Waals surface area contributed by atoms with Gasteiger partial charge in [0.2, 0.25) is 5.70 Å². The predicted octanol–water partition coefficient (Wildman–Crippen LogP) is 4.50. The van der Waals surface area contributed by atoms with Crippen LogP contribution < -0.4 is 10.6 Å². The highest BCUT2D eigenvalue weighted by Crippen LogP contribution is 2.37. The molecule has 0 radical (unpaired) electrons. The van der Waals surface area contributed by atoms with Crippen LogP contribution in [0.2, 0.25) is 0 Å². The highest BCUT2D eigenvalue weighted by atomic mass is 16.5. The Hall–Kier alpha value is -3.54. The lowest BCUT2D eigenvalue weighted by atomic mass is 10.0. The van der Waals surface area contributed by atoms with Crippen LogP contribution in [0.3, 0.4) is 0 Å². The van der Waals surface area contributed by atoms with Crippen molar-refractivity contribution in [2.24, 2.45) is 15.8 Å². The lowest BCUT2D eigenvalue weighted by molar-refractivity contribution is -0.750. The summed E-state index contributed by atoms with van der Waals surface area (Å²) < 4.78 is 6.02. The van der Waals surface area contributed by atoms with Gasteiger partial charge >= 0.3 is 0 Å². The van der Waals surface area contributed by atoms with Crippen molar-refractivity contribution in [1.29, 1.82) is 0 Å². The maximum atomic E-state index is 6.75.